The molecule has 20 heavy (non-hydrogen) atoms. The summed E-state index contributed by atoms with van der Waals surface area (Å²) >= 11 is 1.49. The van der Waals surface area contributed by atoms with E-state index in [1.807, 2.05) is 30.3 Å². The number of benzene rings is 2. The van der Waals surface area contributed by atoms with Crippen molar-refractivity contribution in [3.8, 4) is 0 Å². The van der Waals surface area contributed by atoms with E-state index in [1.165, 1.54) is 11.3 Å². The second kappa shape index (κ2) is 5.34. The van der Waals surface area contributed by atoms with Crippen LogP contribution in [0.4, 0.5) is 0 Å². The summed E-state index contributed by atoms with van der Waals surface area (Å²) in [5.41, 5.74) is 1.72. The van der Waals surface area contributed by atoms with Crippen molar-refractivity contribution in [3.63, 3.8) is 0 Å². The summed E-state index contributed by atoms with van der Waals surface area (Å²) in [6.45, 7) is 0. The molecule has 0 fully saturated rings. The van der Waals surface area contributed by atoms with Gasteiger partial charge in [-0.15, -0.1) is 11.3 Å². The van der Waals surface area contributed by atoms with Crippen LogP contribution in [0.15, 0.2) is 59.1 Å². The van der Waals surface area contributed by atoms with E-state index in [-0.39, 0.29) is 5.75 Å². The summed E-state index contributed by atoms with van der Waals surface area (Å²) in [5, 5.41) is 2.00. The van der Waals surface area contributed by atoms with Gasteiger partial charge in [-0.3, -0.25) is 4.98 Å². The SMILES string of the molecule is O=S(=O)(CCc1cncs1)c1ccc2ccccc2c1. The van der Waals surface area contributed by atoms with Crippen LogP contribution in [0.25, 0.3) is 10.8 Å². The average Bonchev–Trinajstić information content (AvgIpc) is 2.98. The molecule has 0 spiro atoms. The van der Waals surface area contributed by atoms with Gasteiger partial charge in [0.1, 0.15) is 0 Å². The predicted molar refractivity (Wildman–Crippen MR) is 81.8 cm³/mol. The lowest BCUT2D eigenvalue weighted by atomic mass is 10.1. The van der Waals surface area contributed by atoms with E-state index >= 15 is 0 Å². The van der Waals surface area contributed by atoms with Crippen LogP contribution in [0.5, 0.6) is 0 Å². The summed E-state index contributed by atoms with van der Waals surface area (Å²) in [4.78, 5) is 5.34. The Hall–Kier alpha value is -1.72. The number of thiazole rings is 1. The van der Waals surface area contributed by atoms with Crippen LogP contribution in [0.3, 0.4) is 0 Å². The highest BCUT2D eigenvalue weighted by atomic mass is 32.2. The molecular weight excluding hydrogens is 290 g/mol. The van der Waals surface area contributed by atoms with E-state index in [2.05, 4.69) is 4.98 Å². The molecule has 0 N–H and O–H groups in total. The molecule has 3 nitrogen and oxygen atoms in total. The smallest absolute Gasteiger partial charge is 0.178 e. The van der Waals surface area contributed by atoms with Crippen LogP contribution in [-0.2, 0) is 16.3 Å². The Morgan fingerprint density at radius 3 is 2.60 bits per heavy atom. The van der Waals surface area contributed by atoms with Gasteiger partial charge in [-0.25, -0.2) is 8.42 Å². The van der Waals surface area contributed by atoms with Crippen molar-refractivity contribution in [2.24, 2.45) is 0 Å². The van der Waals surface area contributed by atoms with Crippen molar-refractivity contribution in [1.29, 1.82) is 0 Å². The molecule has 0 saturated carbocycles. The number of rotatable bonds is 4. The summed E-state index contributed by atoms with van der Waals surface area (Å²) in [7, 11) is -3.25. The molecule has 0 radical (unpaired) electrons. The molecule has 0 unspecified atom stereocenters. The van der Waals surface area contributed by atoms with E-state index in [1.54, 1.807) is 23.8 Å². The Morgan fingerprint density at radius 1 is 1.05 bits per heavy atom. The van der Waals surface area contributed by atoms with Gasteiger partial charge in [-0.1, -0.05) is 30.3 Å². The molecule has 0 amide bonds. The first-order valence-corrected chi connectivity index (χ1v) is 8.77. The molecule has 3 aromatic rings. The zero-order chi connectivity index (χ0) is 14.0. The average molecular weight is 303 g/mol. The molecule has 1 heterocycles. The van der Waals surface area contributed by atoms with Crippen molar-refractivity contribution in [1.82, 2.24) is 4.98 Å². The van der Waals surface area contributed by atoms with Crippen LogP contribution in [0.2, 0.25) is 0 Å². The normalized spacial score (nSPS) is 11.8. The maximum Gasteiger partial charge on any atom is 0.178 e. The fourth-order valence-corrected chi connectivity index (χ4v) is 4.11. The molecule has 0 saturated heterocycles. The van der Waals surface area contributed by atoms with Crippen LogP contribution >= 0.6 is 11.3 Å². The number of nitrogens with zero attached hydrogens (tertiary/aromatic N) is 1. The van der Waals surface area contributed by atoms with Crippen LogP contribution in [0, 0.1) is 0 Å². The van der Waals surface area contributed by atoms with Gasteiger partial charge in [0.25, 0.3) is 0 Å². The molecule has 0 aliphatic carbocycles. The van der Waals surface area contributed by atoms with Gasteiger partial charge in [0.15, 0.2) is 9.84 Å². The van der Waals surface area contributed by atoms with Crippen molar-refractivity contribution in [2.75, 3.05) is 5.75 Å². The molecule has 5 heteroatoms. The molecule has 0 atom stereocenters. The van der Waals surface area contributed by atoms with Gasteiger partial charge < -0.3 is 0 Å². The van der Waals surface area contributed by atoms with E-state index in [9.17, 15) is 8.42 Å². The molecule has 0 aliphatic rings. The number of hydrogen-bond acceptors (Lipinski definition) is 4. The molecule has 1 aromatic heterocycles. The number of fused-ring (bicyclic) bond motifs is 1. The summed E-state index contributed by atoms with van der Waals surface area (Å²) in [6.07, 6.45) is 2.24. The van der Waals surface area contributed by atoms with Gasteiger partial charge in [0.2, 0.25) is 0 Å². The minimum atomic E-state index is -3.25. The first-order chi connectivity index (χ1) is 9.65. The number of aromatic nitrogens is 1. The monoisotopic (exact) mass is 303 g/mol. The second-order valence-corrected chi connectivity index (χ2v) is 7.63. The van der Waals surface area contributed by atoms with Crippen molar-refractivity contribution >= 4 is 31.9 Å². The van der Waals surface area contributed by atoms with Crippen molar-refractivity contribution in [2.45, 2.75) is 11.3 Å². The van der Waals surface area contributed by atoms with Crippen LogP contribution in [0.1, 0.15) is 4.88 Å². The second-order valence-electron chi connectivity index (χ2n) is 4.55. The Morgan fingerprint density at radius 2 is 1.85 bits per heavy atom. The van der Waals surface area contributed by atoms with Gasteiger partial charge in [0.05, 0.1) is 16.2 Å². The lowest BCUT2D eigenvalue weighted by Gasteiger charge is -2.05. The van der Waals surface area contributed by atoms with Gasteiger partial charge in [0, 0.05) is 11.1 Å². The Labute approximate surface area is 121 Å². The zero-order valence-electron chi connectivity index (χ0n) is 10.7. The van der Waals surface area contributed by atoms with E-state index in [4.69, 9.17) is 0 Å². The highest BCUT2D eigenvalue weighted by molar-refractivity contribution is 7.91. The third-order valence-electron chi connectivity index (χ3n) is 3.18. The Balaban J connectivity index is 1.88. The number of aryl methyl sites for hydroxylation is 1. The lowest BCUT2D eigenvalue weighted by molar-refractivity contribution is 0.595. The van der Waals surface area contributed by atoms with E-state index < -0.39 is 9.84 Å². The topological polar surface area (TPSA) is 47.0 Å². The number of sulfone groups is 1. The van der Waals surface area contributed by atoms with Gasteiger partial charge in [-0.05, 0) is 29.3 Å². The minimum absolute atomic E-state index is 0.119. The van der Waals surface area contributed by atoms with Crippen molar-refractivity contribution in [3.05, 3.63) is 59.0 Å². The standard InChI is InChI=1S/C15H13NO2S2/c17-20(18,8-7-14-10-16-11-19-14)15-6-5-12-3-1-2-4-13(12)9-15/h1-6,9-11H,7-8H2. The fraction of sp³-hybridized carbons (Fsp3) is 0.133. The Kier molecular flexibility index (Phi) is 3.54. The lowest BCUT2D eigenvalue weighted by Crippen LogP contribution is -2.08. The quantitative estimate of drug-likeness (QED) is 0.743. The maximum atomic E-state index is 12.4. The van der Waals surface area contributed by atoms with E-state index in [0.29, 0.717) is 11.3 Å². The molecule has 102 valence electrons. The minimum Gasteiger partial charge on any atom is -0.253 e. The van der Waals surface area contributed by atoms with Crippen LogP contribution in [-0.4, -0.2) is 19.2 Å². The summed E-state index contributed by atoms with van der Waals surface area (Å²) in [5.74, 6) is 0.119. The molecule has 3 rings (SSSR count). The van der Waals surface area contributed by atoms with E-state index in [0.717, 1.165) is 15.6 Å². The first kappa shape index (κ1) is 13.3. The molecule has 0 bridgehead atoms. The zero-order valence-corrected chi connectivity index (χ0v) is 12.3. The highest BCUT2D eigenvalue weighted by Gasteiger charge is 2.15. The maximum absolute atomic E-state index is 12.4. The van der Waals surface area contributed by atoms with Crippen LogP contribution < -0.4 is 0 Å². The Bertz CT molecular complexity index is 824. The summed E-state index contributed by atoms with van der Waals surface area (Å²) < 4.78 is 24.7. The fourth-order valence-electron chi connectivity index (χ4n) is 2.08. The first-order valence-electron chi connectivity index (χ1n) is 6.24. The summed E-state index contributed by atoms with van der Waals surface area (Å²) in [6, 6.07) is 13.0. The number of hydrogen-bond donors (Lipinski definition) is 0. The van der Waals surface area contributed by atoms with Crippen molar-refractivity contribution < 1.29 is 8.42 Å². The largest absolute Gasteiger partial charge is 0.253 e. The van der Waals surface area contributed by atoms with Gasteiger partial charge >= 0.3 is 0 Å². The predicted octanol–water partition coefficient (Wildman–Crippen LogP) is 3.31. The molecule has 0 aliphatic heterocycles. The van der Waals surface area contributed by atoms with Gasteiger partial charge in [-0.2, -0.15) is 0 Å². The molecular formula is C15H13NO2S2. The highest BCUT2D eigenvalue weighted by Crippen LogP contribution is 2.20. The molecule has 2 aromatic carbocycles. The third-order valence-corrected chi connectivity index (χ3v) is 5.73. The third kappa shape index (κ3) is 2.73.